The quantitative estimate of drug-likeness (QED) is 0.680. The van der Waals surface area contributed by atoms with Gasteiger partial charge < -0.3 is 15.2 Å². The molecule has 74 valence electrons. The molecule has 3 nitrogen and oxygen atoms in total. The first-order chi connectivity index (χ1) is 6.36. The van der Waals surface area contributed by atoms with E-state index in [9.17, 15) is 5.11 Å². The van der Waals surface area contributed by atoms with Gasteiger partial charge in [-0.05, 0) is 31.4 Å². The van der Waals surface area contributed by atoms with Crippen LogP contribution in [0.3, 0.4) is 0 Å². The molecular weight excluding hydrogens is 166 g/mol. The van der Waals surface area contributed by atoms with Crippen LogP contribution in [0.1, 0.15) is 25.7 Å². The van der Waals surface area contributed by atoms with Crippen LogP contribution in [-0.2, 0) is 4.74 Å². The third-order valence-electron chi connectivity index (χ3n) is 2.84. The second-order valence-corrected chi connectivity index (χ2v) is 3.86. The minimum Gasteiger partial charge on any atom is -0.501 e. The summed E-state index contributed by atoms with van der Waals surface area (Å²) in [6.07, 6.45) is 5.61. The van der Waals surface area contributed by atoms with Gasteiger partial charge >= 0.3 is 0 Å². The molecule has 2 atom stereocenters. The van der Waals surface area contributed by atoms with Crippen molar-refractivity contribution in [3.63, 3.8) is 0 Å². The largest absolute Gasteiger partial charge is 0.501 e. The summed E-state index contributed by atoms with van der Waals surface area (Å²) in [7, 11) is 0. The first-order valence-electron chi connectivity index (χ1n) is 5.08. The number of rotatable bonds is 3. The van der Waals surface area contributed by atoms with E-state index in [4.69, 9.17) is 4.74 Å². The Kier molecular flexibility index (Phi) is 2.86. The fourth-order valence-corrected chi connectivity index (χ4v) is 2.03. The van der Waals surface area contributed by atoms with Crippen molar-refractivity contribution in [2.45, 2.75) is 37.8 Å². The summed E-state index contributed by atoms with van der Waals surface area (Å²) in [6, 6.07) is 0.511. The Balaban J connectivity index is 1.79. The molecule has 2 unspecified atom stereocenters. The molecule has 0 saturated carbocycles. The van der Waals surface area contributed by atoms with E-state index < -0.39 is 0 Å². The number of hydrogen-bond donors (Lipinski definition) is 2. The molecule has 0 bridgehead atoms. The monoisotopic (exact) mass is 183 g/mol. The average Bonchev–Trinajstić information content (AvgIpc) is 2.74. The van der Waals surface area contributed by atoms with Gasteiger partial charge in [-0.15, -0.1) is 0 Å². The summed E-state index contributed by atoms with van der Waals surface area (Å²) in [4.78, 5) is 0. The minimum atomic E-state index is -0.293. The Morgan fingerprint density at radius 2 is 2.62 bits per heavy atom. The van der Waals surface area contributed by atoms with Crippen LogP contribution in [0.25, 0.3) is 0 Å². The van der Waals surface area contributed by atoms with Crippen LogP contribution in [0.15, 0.2) is 11.8 Å². The third kappa shape index (κ3) is 2.23. The highest BCUT2D eigenvalue weighted by Crippen LogP contribution is 2.20. The molecule has 0 aliphatic carbocycles. The molecule has 1 fully saturated rings. The van der Waals surface area contributed by atoms with Crippen molar-refractivity contribution in [3.8, 4) is 0 Å². The number of nitrogens with one attached hydrogen (secondary N) is 1. The summed E-state index contributed by atoms with van der Waals surface area (Å²) in [5.74, 6) is 0. The van der Waals surface area contributed by atoms with E-state index in [1.165, 1.54) is 12.8 Å². The molecule has 1 saturated heterocycles. The highest BCUT2D eigenvalue weighted by atomic mass is 16.5. The SMILES string of the molecule is OC(CC1CCCN1)C1=COCC1. The van der Waals surface area contributed by atoms with Crippen molar-refractivity contribution in [1.82, 2.24) is 5.32 Å². The van der Waals surface area contributed by atoms with Crippen molar-refractivity contribution in [2.75, 3.05) is 13.2 Å². The lowest BCUT2D eigenvalue weighted by atomic mass is 10.0. The normalized spacial score (nSPS) is 29.9. The topological polar surface area (TPSA) is 41.5 Å². The molecule has 2 heterocycles. The Morgan fingerprint density at radius 3 is 3.23 bits per heavy atom. The van der Waals surface area contributed by atoms with Gasteiger partial charge in [0.2, 0.25) is 0 Å². The fraction of sp³-hybridized carbons (Fsp3) is 0.800. The van der Waals surface area contributed by atoms with Crippen molar-refractivity contribution in [2.24, 2.45) is 0 Å². The van der Waals surface area contributed by atoms with Crippen molar-refractivity contribution < 1.29 is 9.84 Å². The lowest BCUT2D eigenvalue weighted by molar-refractivity contribution is 0.184. The van der Waals surface area contributed by atoms with Gasteiger partial charge in [0, 0.05) is 12.5 Å². The van der Waals surface area contributed by atoms with E-state index in [1.807, 2.05) is 0 Å². The molecule has 2 rings (SSSR count). The van der Waals surface area contributed by atoms with Gasteiger partial charge in [-0.25, -0.2) is 0 Å². The van der Waals surface area contributed by atoms with E-state index in [2.05, 4.69) is 5.32 Å². The van der Waals surface area contributed by atoms with E-state index in [0.717, 1.165) is 31.6 Å². The Bertz CT molecular complexity index is 197. The molecule has 13 heavy (non-hydrogen) atoms. The second kappa shape index (κ2) is 4.11. The average molecular weight is 183 g/mol. The van der Waals surface area contributed by atoms with Gasteiger partial charge in [0.25, 0.3) is 0 Å². The van der Waals surface area contributed by atoms with Crippen LogP contribution < -0.4 is 5.32 Å². The molecule has 0 aromatic carbocycles. The van der Waals surface area contributed by atoms with Crippen molar-refractivity contribution >= 4 is 0 Å². The van der Waals surface area contributed by atoms with Gasteiger partial charge in [0.05, 0.1) is 19.0 Å². The maximum absolute atomic E-state index is 9.82. The van der Waals surface area contributed by atoms with Gasteiger partial charge in [-0.1, -0.05) is 0 Å². The molecule has 2 N–H and O–H groups in total. The van der Waals surface area contributed by atoms with Crippen LogP contribution in [0.2, 0.25) is 0 Å². The molecule has 0 radical (unpaired) electrons. The number of aliphatic hydroxyl groups excluding tert-OH is 1. The molecule has 0 spiro atoms. The van der Waals surface area contributed by atoms with E-state index in [0.29, 0.717) is 6.04 Å². The summed E-state index contributed by atoms with van der Waals surface area (Å²) in [5, 5.41) is 13.2. The first kappa shape index (κ1) is 9.03. The maximum Gasteiger partial charge on any atom is 0.0912 e. The van der Waals surface area contributed by atoms with E-state index in [-0.39, 0.29) is 6.10 Å². The standard InChI is InChI=1S/C10H17NO2/c12-10(8-3-5-13-7-8)6-9-2-1-4-11-9/h7,9-12H,1-6H2. The van der Waals surface area contributed by atoms with Gasteiger partial charge in [0.15, 0.2) is 0 Å². The third-order valence-corrected chi connectivity index (χ3v) is 2.84. The zero-order valence-electron chi connectivity index (χ0n) is 7.83. The zero-order chi connectivity index (χ0) is 9.10. The minimum absolute atomic E-state index is 0.293. The number of hydrogen-bond acceptors (Lipinski definition) is 3. The molecule has 0 aromatic rings. The van der Waals surface area contributed by atoms with Crippen LogP contribution in [0.5, 0.6) is 0 Å². The predicted octanol–water partition coefficient (Wildman–Crippen LogP) is 0.794. The highest BCUT2D eigenvalue weighted by molar-refractivity contribution is 5.09. The smallest absolute Gasteiger partial charge is 0.0912 e. The van der Waals surface area contributed by atoms with Gasteiger partial charge in [-0.2, -0.15) is 0 Å². The highest BCUT2D eigenvalue weighted by Gasteiger charge is 2.22. The lowest BCUT2D eigenvalue weighted by Gasteiger charge is -2.15. The Morgan fingerprint density at radius 1 is 1.69 bits per heavy atom. The predicted molar refractivity (Wildman–Crippen MR) is 50.3 cm³/mol. The number of ether oxygens (including phenoxy) is 1. The first-order valence-corrected chi connectivity index (χ1v) is 5.08. The molecule has 2 aliphatic heterocycles. The lowest BCUT2D eigenvalue weighted by Crippen LogP contribution is -2.27. The molecule has 0 aromatic heterocycles. The van der Waals surface area contributed by atoms with Crippen molar-refractivity contribution in [3.05, 3.63) is 11.8 Å². The van der Waals surface area contributed by atoms with Gasteiger partial charge in [-0.3, -0.25) is 0 Å². The molecule has 0 amide bonds. The summed E-state index contributed by atoms with van der Waals surface area (Å²) in [6.45, 7) is 1.84. The van der Waals surface area contributed by atoms with Crippen LogP contribution in [-0.4, -0.2) is 30.4 Å². The molecule has 2 aliphatic rings. The Labute approximate surface area is 78.8 Å². The molecule has 3 heteroatoms. The van der Waals surface area contributed by atoms with Crippen LogP contribution >= 0.6 is 0 Å². The summed E-state index contributed by atoms with van der Waals surface area (Å²) in [5.41, 5.74) is 1.06. The summed E-state index contributed by atoms with van der Waals surface area (Å²) < 4.78 is 5.10. The number of aliphatic hydroxyl groups is 1. The summed E-state index contributed by atoms with van der Waals surface area (Å²) >= 11 is 0. The maximum atomic E-state index is 9.82. The van der Waals surface area contributed by atoms with E-state index in [1.54, 1.807) is 6.26 Å². The second-order valence-electron chi connectivity index (χ2n) is 3.86. The fourth-order valence-electron chi connectivity index (χ4n) is 2.03. The van der Waals surface area contributed by atoms with Crippen molar-refractivity contribution in [1.29, 1.82) is 0 Å². The zero-order valence-corrected chi connectivity index (χ0v) is 7.83. The van der Waals surface area contributed by atoms with Crippen LogP contribution in [0, 0.1) is 0 Å². The molecular formula is C10H17NO2. The Hall–Kier alpha value is -0.540. The van der Waals surface area contributed by atoms with Crippen LogP contribution in [0.4, 0.5) is 0 Å². The van der Waals surface area contributed by atoms with E-state index >= 15 is 0 Å². The van der Waals surface area contributed by atoms with Gasteiger partial charge in [0.1, 0.15) is 0 Å².